The molecular formula is C28H38N4O5. The highest BCUT2D eigenvalue weighted by atomic mass is 16.5. The van der Waals surface area contributed by atoms with Crippen LogP contribution in [0.4, 0.5) is 4.79 Å². The van der Waals surface area contributed by atoms with E-state index in [-0.39, 0.29) is 31.1 Å². The second-order valence-electron chi connectivity index (χ2n) is 10.1. The third kappa shape index (κ3) is 7.22. The number of aryl methyl sites for hydroxylation is 1. The standard InChI is InChI=1S/C28H38N4O5/c1-19-8-10-20(11-9-19)24-17-23(22-13-12-21(36-6)16-25(22)37-7)30-32(24)26(33)18-31(14-15-35-5)27(34)29-28(2,3)4/h8-13,16,24H,14-15,17-18H2,1-7H3,(H,29,34). The number of benzene rings is 2. The van der Waals surface area contributed by atoms with E-state index in [0.717, 1.165) is 22.4 Å². The van der Waals surface area contributed by atoms with Gasteiger partial charge >= 0.3 is 6.03 Å². The smallest absolute Gasteiger partial charge is 0.318 e. The fourth-order valence-corrected chi connectivity index (χ4v) is 4.08. The van der Waals surface area contributed by atoms with Crippen molar-refractivity contribution in [2.24, 2.45) is 5.10 Å². The third-order valence-corrected chi connectivity index (χ3v) is 6.01. The molecule has 0 saturated heterocycles. The Morgan fingerprint density at radius 1 is 1.08 bits per heavy atom. The molecule has 0 aliphatic carbocycles. The maximum Gasteiger partial charge on any atom is 0.318 e. The second-order valence-corrected chi connectivity index (χ2v) is 10.1. The molecule has 9 nitrogen and oxygen atoms in total. The summed E-state index contributed by atoms with van der Waals surface area (Å²) in [7, 11) is 4.75. The Bertz CT molecular complexity index is 1120. The molecule has 3 amide bonds. The lowest BCUT2D eigenvalue weighted by Crippen LogP contribution is -2.52. The highest BCUT2D eigenvalue weighted by Gasteiger charge is 2.35. The number of hydrazone groups is 1. The van der Waals surface area contributed by atoms with E-state index in [1.807, 2.05) is 64.1 Å². The Balaban J connectivity index is 1.95. The maximum atomic E-state index is 13.7. The van der Waals surface area contributed by atoms with Crippen LogP contribution in [0.3, 0.4) is 0 Å². The normalized spacial score (nSPS) is 15.3. The Kier molecular flexibility index (Phi) is 9.15. The minimum Gasteiger partial charge on any atom is -0.497 e. The van der Waals surface area contributed by atoms with Crippen LogP contribution in [0.15, 0.2) is 47.6 Å². The number of urea groups is 1. The number of carbonyl (C=O) groups excluding carboxylic acids is 2. The molecule has 0 spiro atoms. The quantitative estimate of drug-likeness (QED) is 0.547. The van der Waals surface area contributed by atoms with E-state index in [4.69, 9.17) is 19.3 Å². The predicted octanol–water partition coefficient (Wildman–Crippen LogP) is 4.15. The highest BCUT2D eigenvalue weighted by Crippen LogP contribution is 2.36. The number of amides is 3. The van der Waals surface area contributed by atoms with Crippen molar-refractivity contribution in [1.82, 2.24) is 15.2 Å². The van der Waals surface area contributed by atoms with Crippen molar-refractivity contribution < 1.29 is 23.8 Å². The van der Waals surface area contributed by atoms with E-state index < -0.39 is 5.54 Å². The zero-order valence-electron chi connectivity index (χ0n) is 22.8. The van der Waals surface area contributed by atoms with Crippen LogP contribution in [0, 0.1) is 6.92 Å². The Morgan fingerprint density at radius 3 is 2.38 bits per heavy atom. The summed E-state index contributed by atoms with van der Waals surface area (Å²) in [6, 6.07) is 12.9. The van der Waals surface area contributed by atoms with Gasteiger partial charge in [-0.2, -0.15) is 5.10 Å². The average molecular weight is 511 g/mol. The summed E-state index contributed by atoms with van der Waals surface area (Å²) in [5.74, 6) is 0.996. The van der Waals surface area contributed by atoms with Crippen LogP contribution in [0.1, 0.15) is 49.9 Å². The van der Waals surface area contributed by atoms with E-state index in [9.17, 15) is 9.59 Å². The number of methoxy groups -OCH3 is 3. The molecule has 0 bridgehead atoms. The average Bonchev–Trinajstić information content (AvgIpc) is 3.30. The molecular weight excluding hydrogens is 472 g/mol. The van der Waals surface area contributed by atoms with Gasteiger partial charge in [-0.1, -0.05) is 29.8 Å². The number of nitrogens with zero attached hydrogens (tertiary/aromatic N) is 3. The van der Waals surface area contributed by atoms with Crippen LogP contribution in [0.2, 0.25) is 0 Å². The first kappa shape index (κ1) is 28.0. The van der Waals surface area contributed by atoms with Gasteiger partial charge in [0.2, 0.25) is 0 Å². The SMILES string of the molecule is COCCN(CC(=O)N1N=C(c2ccc(OC)cc2OC)CC1c1ccc(C)cc1)C(=O)NC(C)(C)C. The first-order chi connectivity index (χ1) is 17.6. The summed E-state index contributed by atoms with van der Waals surface area (Å²) in [6.07, 6.45) is 0.504. The van der Waals surface area contributed by atoms with Crippen LogP contribution in [-0.2, 0) is 9.53 Å². The molecule has 1 aliphatic heterocycles. The highest BCUT2D eigenvalue weighted by molar-refractivity contribution is 6.05. The minimum atomic E-state index is -0.445. The monoisotopic (exact) mass is 510 g/mol. The van der Waals surface area contributed by atoms with Gasteiger partial charge in [0.25, 0.3) is 5.91 Å². The van der Waals surface area contributed by atoms with Gasteiger partial charge in [-0.25, -0.2) is 9.80 Å². The molecule has 0 fully saturated rings. The second kappa shape index (κ2) is 12.1. The molecule has 0 aromatic heterocycles. The molecule has 1 aliphatic rings. The molecule has 0 saturated carbocycles. The zero-order valence-corrected chi connectivity index (χ0v) is 22.8. The van der Waals surface area contributed by atoms with Gasteiger partial charge in [-0.05, 0) is 45.4 Å². The fraction of sp³-hybridized carbons (Fsp3) is 0.464. The molecule has 1 N–H and O–H groups in total. The molecule has 1 heterocycles. The molecule has 9 heteroatoms. The summed E-state index contributed by atoms with van der Waals surface area (Å²) in [5.41, 5.74) is 3.16. The number of carbonyl (C=O) groups is 2. The Morgan fingerprint density at radius 2 is 1.78 bits per heavy atom. The lowest BCUT2D eigenvalue weighted by Gasteiger charge is -2.30. The lowest BCUT2D eigenvalue weighted by molar-refractivity contribution is -0.133. The Hall–Kier alpha value is -3.59. The van der Waals surface area contributed by atoms with Crippen LogP contribution < -0.4 is 14.8 Å². The van der Waals surface area contributed by atoms with Crippen molar-refractivity contribution in [2.45, 2.75) is 45.7 Å². The summed E-state index contributed by atoms with van der Waals surface area (Å²) < 4.78 is 16.1. The van der Waals surface area contributed by atoms with Gasteiger partial charge < -0.3 is 24.4 Å². The molecule has 0 radical (unpaired) electrons. The summed E-state index contributed by atoms with van der Waals surface area (Å²) >= 11 is 0. The lowest BCUT2D eigenvalue weighted by atomic mass is 9.97. The van der Waals surface area contributed by atoms with Gasteiger partial charge in [0.05, 0.1) is 32.6 Å². The number of hydrogen-bond acceptors (Lipinski definition) is 6. The van der Waals surface area contributed by atoms with Crippen molar-refractivity contribution in [3.63, 3.8) is 0 Å². The number of hydrogen-bond donors (Lipinski definition) is 1. The van der Waals surface area contributed by atoms with Crippen molar-refractivity contribution in [3.05, 3.63) is 59.2 Å². The van der Waals surface area contributed by atoms with Gasteiger partial charge in [0.15, 0.2) is 0 Å². The van der Waals surface area contributed by atoms with Crippen LogP contribution in [0.5, 0.6) is 11.5 Å². The van der Waals surface area contributed by atoms with Gasteiger partial charge in [0.1, 0.15) is 18.0 Å². The summed E-state index contributed by atoms with van der Waals surface area (Å²) in [6.45, 7) is 8.16. The molecule has 2 aromatic carbocycles. The number of nitrogens with one attached hydrogen (secondary N) is 1. The third-order valence-electron chi connectivity index (χ3n) is 6.01. The van der Waals surface area contributed by atoms with Crippen molar-refractivity contribution >= 4 is 17.6 Å². The number of ether oxygens (including phenoxy) is 3. The molecule has 200 valence electrons. The largest absolute Gasteiger partial charge is 0.497 e. The van der Waals surface area contributed by atoms with E-state index in [1.165, 1.54) is 9.91 Å². The van der Waals surface area contributed by atoms with Crippen LogP contribution >= 0.6 is 0 Å². The van der Waals surface area contributed by atoms with Crippen molar-refractivity contribution in [3.8, 4) is 11.5 Å². The minimum absolute atomic E-state index is 0.135. The molecule has 3 rings (SSSR count). The van der Waals surface area contributed by atoms with Crippen LogP contribution in [0.25, 0.3) is 0 Å². The summed E-state index contributed by atoms with van der Waals surface area (Å²) in [4.78, 5) is 28.1. The van der Waals surface area contributed by atoms with Crippen molar-refractivity contribution in [2.75, 3.05) is 41.0 Å². The Labute approximate surface area is 219 Å². The maximum absolute atomic E-state index is 13.7. The number of rotatable bonds is 9. The molecule has 1 unspecified atom stereocenters. The van der Waals surface area contributed by atoms with Gasteiger partial charge in [-0.15, -0.1) is 0 Å². The molecule has 37 heavy (non-hydrogen) atoms. The zero-order chi connectivity index (χ0) is 27.2. The first-order valence-electron chi connectivity index (χ1n) is 12.3. The van der Waals surface area contributed by atoms with E-state index in [0.29, 0.717) is 24.5 Å². The van der Waals surface area contributed by atoms with Crippen molar-refractivity contribution in [1.29, 1.82) is 0 Å². The predicted molar refractivity (Wildman–Crippen MR) is 143 cm³/mol. The topological polar surface area (TPSA) is 92.7 Å². The van der Waals surface area contributed by atoms with Gasteiger partial charge in [0, 0.05) is 37.2 Å². The van der Waals surface area contributed by atoms with Crippen LogP contribution in [-0.4, -0.2) is 74.1 Å². The molecule has 1 atom stereocenters. The summed E-state index contributed by atoms with van der Waals surface area (Å²) in [5, 5.41) is 9.18. The molecule has 2 aromatic rings. The van der Waals surface area contributed by atoms with E-state index >= 15 is 0 Å². The van der Waals surface area contributed by atoms with Gasteiger partial charge in [-0.3, -0.25) is 4.79 Å². The van der Waals surface area contributed by atoms with E-state index in [1.54, 1.807) is 27.4 Å². The van der Waals surface area contributed by atoms with E-state index in [2.05, 4.69) is 5.32 Å². The first-order valence-corrected chi connectivity index (χ1v) is 12.3. The fourth-order valence-electron chi connectivity index (χ4n) is 4.08.